The Labute approximate surface area is 106 Å². The predicted octanol–water partition coefficient (Wildman–Crippen LogP) is 3.52. The zero-order chi connectivity index (χ0) is 13.3. The maximum atomic E-state index is 12.8. The van der Waals surface area contributed by atoms with Gasteiger partial charge in [0.15, 0.2) is 0 Å². The number of aryl methyl sites for hydroxylation is 1. The van der Waals surface area contributed by atoms with Crippen molar-refractivity contribution < 1.29 is 13.2 Å². The summed E-state index contributed by atoms with van der Waals surface area (Å²) in [5.41, 5.74) is -0.320. The third kappa shape index (κ3) is 2.59. The third-order valence-corrected chi connectivity index (χ3v) is 2.40. The van der Waals surface area contributed by atoms with Gasteiger partial charge in [-0.15, -0.1) is 0 Å². The van der Waals surface area contributed by atoms with Crippen LogP contribution in [0, 0.1) is 6.92 Å². The van der Waals surface area contributed by atoms with Gasteiger partial charge in [0.1, 0.15) is 0 Å². The van der Waals surface area contributed by atoms with Gasteiger partial charge in [-0.1, -0.05) is 0 Å². The lowest BCUT2D eigenvalue weighted by Crippen LogP contribution is -2.08. The summed E-state index contributed by atoms with van der Waals surface area (Å²) in [7, 11) is 0. The Kier molecular flexibility index (Phi) is 3.21. The second-order valence-electron chi connectivity index (χ2n) is 3.58. The molecule has 0 unspecified atom stereocenters. The molecule has 0 saturated carbocycles. The fourth-order valence-corrected chi connectivity index (χ4v) is 1.74. The number of alkyl halides is 3. The molecule has 0 aliphatic carbocycles. The molecule has 0 aliphatic heterocycles. The number of hydrogen-bond donors (Lipinski definition) is 0. The zero-order valence-corrected chi connectivity index (χ0v) is 9.92. The Hall–Kier alpha value is -1.69. The Bertz CT molecular complexity index is 564. The van der Waals surface area contributed by atoms with Crippen LogP contribution in [0.2, 0.25) is 5.28 Å². The zero-order valence-electron chi connectivity index (χ0n) is 9.16. The Balaban J connectivity index is 2.64. The molecule has 7 heteroatoms. The second-order valence-corrected chi connectivity index (χ2v) is 3.92. The first-order chi connectivity index (χ1) is 8.38. The Morgan fingerprint density at radius 3 is 2.56 bits per heavy atom. The van der Waals surface area contributed by atoms with E-state index >= 15 is 0 Å². The van der Waals surface area contributed by atoms with Gasteiger partial charge in [-0.05, 0) is 30.7 Å². The van der Waals surface area contributed by atoms with E-state index < -0.39 is 11.7 Å². The minimum absolute atomic E-state index is 0.0954. The highest BCUT2D eigenvalue weighted by Gasteiger charge is 2.34. The molecule has 2 heterocycles. The minimum Gasteiger partial charge on any atom is -0.264 e. The van der Waals surface area contributed by atoms with Crippen LogP contribution in [0.5, 0.6) is 0 Å². The normalized spacial score (nSPS) is 11.6. The summed E-state index contributed by atoms with van der Waals surface area (Å²) in [6, 6.07) is 2.33. The second kappa shape index (κ2) is 4.53. The summed E-state index contributed by atoms with van der Waals surface area (Å²) in [4.78, 5) is 11.3. The van der Waals surface area contributed by atoms with Gasteiger partial charge in [-0.3, -0.25) is 4.98 Å². The van der Waals surface area contributed by atoms with Crippen molar-refractivity contribution in [2.45, 2.75) is 13.1 Å². The molecular weight excluding hydrogens is 267 g/mol. The van der Waals surface area contributed by atoms with Crippen molar-refractivity contribution in [1.29, 1.82) is 0 Å². The third-order valence-electron chi connectivity index (χ3n) is 2.23. The molecule has 0 radical (unpaired) electrons. The monoisotopic (exact) mass is 273 g/mol. The van der Waals surface area contributed by atoms with Gasteiger partial charge in [-0.25, -0.2) is 9.97 Å². The van der Waals surface area contributed by atoms with Crippen molar-refractivity contribution >= 4 is 11.6 Å². The highest BCUT2D eigenvalue weighted by molar-refractivity contribution is 6.28. The van der Waals surface area contributed by atoms with Gasteiger partial charge in [0.05, 0.1) is 11.3 Å². The number of rotatable bonds is 1. The van der Waals surface area contributed by atoms with Gasteiger partial charge in [-0.2, -0.15) is 13.2 Å². The number of halogens is 4. The molecule has 0 fully saturated rings. The fraction of sp³-hybridized carbons (Fsp3) is 0.182. The first kappa shape index (κ1) is 12.8. The van der Waals surface area contributed by atoms with Crippen LogP contribution in [0.3, 0.4) is 0 Å². The molecule has 0 aromatic carbocycles. The van der Waals surface area contributed by atoms with E-state index in [9.17, 15) is 13.2 Å². The molecule has 0 N–H and O–H groups in total. The standard InChI is InChI=1S/C11H7ClF3N3/c1-6-4-9(18-10(12)17-6)7-5-16-3-2-8(7)11(13,14)15/h2-5H,1H3. The Morgan fingerprint density at radius 1 is 1.22 bits per heavy atom. The van der Waals surface area contributed by atoms with Gasteiger partial charge in [0.25, 0.3) is 0 Å². The van der Waals surface area contributed by atoms with Crippen molar-refractivity contribution in [3.05, 3.63) is 41.1 Å². The highest BCUT2D eigenvalue weighted by Crippen LogP contribution is 2.35. The molecule has 18 heavy (non-hydrogen) atoms. The van der Waals surface area contributed by atoms with Gasteiger partial charge < -0.3 is 0 Å². The number of pyridine rings is 1. The smallest absolute Gasteiger partial charge is 0.264 e. The fourth-order valence-electron chi connectivity index (χ4n) is 1.52. The molecule has 0 atom stereocenters. The molecular formula is C11H7ClF3N3. The first-order valence-corrected chi connectivity index (χ1v) is 5.28. The van der Waals surface area contributed by atoms with Crippen LogP contribution in [-0.2, 0) is 6.18 Å². The number of hydrogen-bond acceptors (Lipinski definition) is 3. The van der Waals surface area contributed by atoms with Crippen LogP contribution in [0.1, 0.15) is 11.3 Å². The maximum absolute atomic E-state index is 12.8. The lowest BCUT2D eigenvalue weighted by atomic mass is 10.1. The summed E-state index contributed by atoms with van der Waals surface area (Å²) >= 11 is 5.64. The maximum Gasteiger partial charge on any atom is 0.417 e. The lowest BCUT2D eigenvalue weighted by molar-refractivity contribution is -0.137. The van der Waals surface area contributed by atoms with Gasteiger partial charge in [0.2, 0.25) is 5.28 Å². The van der Waals surface area contributed by atoms with Crippen LogP contribution >= 0.6 is 11.6 Å². The van der Waals surface area contributed by atoms with Crippen molar-refractivity contribution in [3.63, 3.8) is 0 Å². The Morgan fingerprint density at radius 2 is 1.94 bits per heavy atom. The van der Waals surface area contributed by atoms with Crippen LogP contribution in [0.4, 0.5) is 13.2 Å². The van der Waals surface area contributed by atoms with E-state index in [0.717, 1.165) is 18.5 Å². The van der Waals surface area contributed by atoms with E-state index in [1.165, 1.54) is 6.07 Å². The molecule has 3 nitrogen and oxygen atoms in total. The minimum atomic E-state index is -4.47. The van der Waals surface area contributed by atoms with Crippen LogP contribution in [0.25, 0.3) is 11.3 Å². The van der Waals surface area contributed by atoms with Crippen LogP contribution < -0.4 is 0 Å². The highest BCUT2D eigenvalue weighted by atomic mass is 35.5. The van der Waals surface area contributed by atoms with Crippen molar-refractivity contribution in [2.75, 3.05) is 0 Å². The van der Waals surface area contributed by atoms with Crippen molar-refractivity contribution in [1.82, 2.24) is 15.0 Å². The average molecular weight is 274 g/mol. The van der Waals surface area contributed by atoms with E-state index in [2.05, 4.69) is 15.0 Å². The molecule has 0 bridgehead atoms. The SMILES string of the molecule is Cc1cc(-c2cnccc2C(F)(F)F)nc(Cl)n1. The van der Waals surface area contributed by atoms with Crippen molar-refractivity contribution in [3.8, 4) is 11.3 Å². The summed E-state index contributed by atoms with van der Waals surface area (Å²) in [6.45, 7) is 1.63. The van der Waals surface area contributed by atoms with E-state index in [0.29, 0.717) is 5.69 Å². The summed E-state index contributed by atoms with van der Waals surface area (Å²) in [5.74, 6) is 0. The number of nitrogens with zero attached hydrogens (tertiary/aromatic N) is 3. The summed E-state index contributed by atoms with van der Waals surface area (Å²) in [6.07, 6.45) is -2.27. The molecule has 2 aromatic rings. The molecule has 2 rings (SSSR count). The largest absolute Gasteiger partial charge is 0.417 e. The lowest BCUT2D eigenvalue weighted by Gasteiger charge is -2.11. The molecule has 2 aromatic heterocycles. The van der Waals surface area contributed by atoms with Crippen molar-refractivity contribution in [2.24, 2.45) is 0 Å². The predicted molar refractivity (Wildman–Crippen MR) is 60.0 cm³/mol. The molecule has 0 aliphatic rings. The topological polar surface area (TPSA) is 38.7 Å². The summed E-state index contributed by atoms with van der Waals surface area (Å²) < 4.78 is 38.5. The first-order valence-electron chi connectivity index (χ1n) is 4.90. The molecule has 0 saturated heterocycles. The average Bonchev–Trinajstić information content (AvgIpc) is 2.26. The van der Waals surface area contributed by atoms with E-state index in [4.69, 9.17) is 11.6 Å². The molecule has 94 valence electrons. The van der Waals surface area contributed by atoms with Gasteiger partial charge >= 0.3 is 6.18 Å². The van der Waals surface area contributed by atoms with Crippen LogP contribution in [-0.4, -0.2) is 15.0 Å². The number of aromatic nitrogens is 3. The van der Waals surface area contributed by atoms with E-state index in [-0.39, 0.29) is 16.5 Å². The molecule has 0 spiro atoms. The molecule has 0 amide bonds. The van der Waals surface area contributed by atoms with Crippen LogP contribution in [0.15, 0.2) is 24.5 Å². The van der Waals surface area contributed by atoms with E-state index in [1.807, 2.05) is 0 Å². The van der Waals surface area contributed by atoms with E-state index in [1.54, 1.807) is 6.92 Å². The quantitative estimate of drug-likeness (QED) is 0.746. The summed E-state index contributed by atoms with van der Waals surface area (Å²) in [5, 5.41) is -0.0954. The van der Waals surface area contributed by atoms with Gasteiger partial charge in [0, 0.05) is 23.7 Å².